The zero-order valence-corrected chi connectivity index (χ0v) is 16.7. The van der Waals surface area contributed by atoms with E-state index in [1.165, 1.54) is 0 Å². The number of carbonyl (C=O) groups is 3. The third-order valence-electron chi connectivity index (χ3n) is 6.58. The molecule has 27 heavy (non-hydrogen) atoms. The number of ether oxygens (including phenoxy) is 1. The molecule has 1 spiro atoms. The van der Waals surface area contributed by atoms with Gasteiger partial charge in [-0.15, -0.1) is 0 Å². The van der Waals surface area contributed by atoms with Gasteiger partial charge in [0.1, 0.15) is 0 Å². The maximum Gasteiger partial charge on any atom is 0.225 e. The van der Waals surface area contributed by atoms with Crippen LogP contribution in [0.15, 0.2) is 0 Å². The summed E-state index contributed by atoms with van der Waals surface area (Å²) in [6, 6.07) is 0. The van der Waals surface area contributed by atoms with Crippen LogP contribution in [0.25, 0.3) is 0 Å². The summed E-state index contributed by atoms with van der Waals surface area (Å²) in [7, 11) is 1.66. The second-order valence-corrected chi connectivity index (χ2v) is 8.45. The zero-order valence-electron chi connectivity index (χ0n) is 16.7. The van der Waals surface area contributed by atoms with Crippen molar-refractivity contribution in [1.82, 2.24) is 14.7 Å². The van der Waals surface area contributed by atoms with E-state index in [9.17, 15) is 14.4 Å². The van der Waals surface area contributed by atoms with Crippen LogP contribution in [0.4, 0.5) is 0 Å². The minimum Gasteiger partial charge on any atom is -0.383 e. The molecule has 1 atom stereocenters. The topological polar surface area (TPSA) is 70.2 Å². The fourth-order valence-electron chi connectivity index (χ4n) is 4.94. The predicted molar refractivity (Wildman–Crippen MR) is 101 cm³/mol. The maximum absolute atomic E-state index is 13.1. The number of methoxy groups -OCH3 is 1. The Morgan fingerprint density at radius 1 is 1.11 bits per heavy atom. The van der Waals surface area contributed by atoms with E-state index in [0.717, 1.165) is 51.7 Å². The van der Waals surface area contributed by atoms with Crippen molar-refractivity contribution in [2.24, 2.45) is 11.3 Å². The van der Waals surface area contributed by atoms with Crippen LogP contribution in [0.5, 0.6) is 0 Å². The first kappa shape index (κ1) is 20.1. The Bertz CT molecular complexity index is 574. The highest BCUT2D eigenvalue weighted by Gasteiger charge is 2.43. The number of hydrogen-bond donors (Lipinski definition) is 0. The highest BCUT2D eigenvalue weighted by molar-refractivity contribution is 5.80. The summed E-state index contributed by atoms with van der Waals surface area (Å²) < 4.78 is 5.15. The van der Waals surface area contributed by atoms with Crippen molar-refractivity contribution >= 4 is 17.7 Å². The van der Waals surface area contributed by atoms with Gasteiger partial charge in [0, 0.05) is 71.1 Å². The van der Waals surface area contributed by atoms with Crippen molar-refractivity contribution in [3.8, 4) is 0 Å². The van der Waals surface area contributed by atoms with Crippen LogP contribution < -0.4 is 0 Å². The average molecular weight is 380 g/mol. The van der Waals surface area contributed by atoms with E-state index < -0.39 is 0 Å². The summed E-state index contributed by atoms with van der Waals surface area (Å²) in [5.74, 6) is 0.585. The highest BCUT2D eigenvalue weighted by atomic mass is 16.5. The van der Waals surface area contributed by atoms with E-state index in [4.69, 9.17) is 4.74 Å². The van der Waals surface area contributed by atoms with E-state index in [0.29, 0.717) is 32.7 Å². The number of rotatable bonds is 4. The molecule has 3 aliphatic rings. The Labute approximate surface area is 162 Å². The van der Waals surface area contributed by atoms with Gasteiger partial charge < -0.3 is 19.4 Å². The van der Waals surface area contributed by atoms with Crippen molar-refractivity contribution in [2.45, 2.75) is 45.4 Å². The fourth-order valence-corrected chi connectivity index (χ4v) is 4.94. The zero-order chi connectivity index (χ0) is 19.4. The smallest absolute Gasteiger partial charge is 0.225 e. The maximum atomic E-state index is 13.1. The van der Waals surface area contributed by atoms with Gasteiger partial charge in [-0.1, -0.05) is 0 Å². The van der Waals surface area contributed by atoms with Crippen molar-refractivity contribution in [3.63, 3.8) is 0 Å². The molecule has 7 nitrogen and oxygen atoms in total. The Hall–Kier alpha value is -1.63. The first-order valence-electron chi connectivity index (χ1n) is 10.3. The molecule has 7 heteroatoms. The van der Waals surface area contributed by atoms with Crippen molar-refractivity contribution < 1.29 is 19.1 Å². The third-order valence-corrected chi connectivity index (χ3v) is 6.58. The molecular formula is C20H33N3O4. The van der Waals surface area contributed by atoms with Gasteiger partial charge in [0.25, 0.3) is 0 Å². The summed E-state index contributed by atoms with van der Waals surface area (Å²) in [5.41, 5.74) is 0.0373. The van der Waals surface area contributed by atoms with E-state index in [-0.39, 0.29) is 29.1 Å². The molecule has 0 saturated carbocycles. The van der Waals surface area contributed by atoms with Gasteiger partial charge in [-0.3, -0.25) is 14.4 Å². The van der Waals surface area contributed by atoms with Crippen LogP contribution >= 0.6 is 0 Å². The van der Waals surface area contributed by atoms with Crippen LogP contribution in [0, 0.1) is 11.3 Å². The van der Waals surface area contributed by atoms with Crippen LogP contribution in [0.1, 0.15) is 45.4 Å². The molecule has 3 fully saturated rings. The molecule has 0 unspecified atom stereocenters. The van der Waals surface area contributed by atoms with Gasteiger partial charge in [-0.25, -0.2) is 0 Å². The Morgan fingerprint density at radius 2 is 1.85 bits per heavy atom. The fraction of sp³-hybridized carbons (Fsp3) is 0.850. The Balaban J connectivity index is 1.59. The third kappa shape index (κ3) is 4.62. The SMILES string of the molecule is COCCN1C[C@]2(CCCN(C(=O)C3CCN(C(C)=O)CC3)C2)CCC1=O. The van der Waals surface area contributed by atoms with Crippen LogP contribution in [0.3, 0.4) is 0 Å². The molecule has 0 aromatic heterocycles. The van der Waals surface area contributed by atoms with E-state index in [1.807, 2.05) is 14.7 Å². The van der Waals surface area contributed by atoms with Crippen molar-refractivity contribution in [2.75, 3.05) is 53.0 Å². The summed E-state index contributed by atoms with van der Waals surface area (Å²) in [6.45, 7) is 6.47. The minimum absolute atomic E-state index is 0.0329. The first-order valence-corrected chi connectivity index (χ1v) is 10.3. The molecule has 3 aliphatic heterocycles. The Kier molecular flexibility index (Phi) is 6.40. The summed E-state index contributed by atoms with van der Waals surface area (Å²) >= 11 is 0. The monoisotopic (exact) mass is 379 g/mol. The van der Waals surface area contributed by atoms with Crippen molar-refractivity contribution in [3.05, 3.63) is 0 Å². The summed E-state index contributed by atoms with van der Waals surface area (Å²) in [6.07, 6.45) is 5.06. The van der Waals surface area contributed by atoms with Gasteiger partial charge in [0.2, 0.25) is 17.7 Å². The molecule has 0 aromatic carbocycles. The summed E-state index contributed by atoms with van der Waals surface area (Å²) in [4.78, 5) is 42.6. The van der Waals surface area contributed by atoms with Gasteiger partial charge in [-0.05, 0) is 32.1 Å². The van der Waals surface area contributed by atoms with Crippen LogP contribution in [-0.2, 0) is 19.1 Å². The predicted octanol–water partition coefficient (Wildman–Crippen LogP) is 1.12. The first-order chi connectivity index (χ1) is 12.9. The molecule has 0 aromatic rings. The second kappa shape index (κ2) is 8.59. The molecule has 0 aliphatic carbocycles. The van der Waals surface area contributed by atoms with Gasteiger partial charge in [0.05, 0.1) is 6.61 Å². The molecule has 3 saturated heterocycles. The number of hydrogen-bond acceptors (Lipinski definition) is 4. The minimum atomic E-state index is 0.0329. The lowest BCUT2D eigenvalue weighted by Gasteiger charge is -2.49. The largest absolute Gasteiger partial charge is 0.383 e. The van der Waals surface area contributed by atoms with Gasteiger partial charge >= 0.3 is 0 Å². The quantitative estimate of drug-likeness (QED) is 0.734. The lowest BCUT2D eigenvalue weighted by Crippen LogP contribution is -2.56. The molecule has 3 heterocycles. The molecule has 0 radical (unpaired) electrons. The normalized spacial score (nSPS) is 27.3. The van der Waals surface area contributed by atoms with E-state index >= 15 is 0 Å². The molecule has 3 rings (SSSR count). The van der Waals surface area contributed by atoms with E-state index in [2.05, 4.69) is 0 Å². The lowest BCUT2D eigenvalue weighted by molar-refractivity contribution is -0.147. The van der Waals surface area contributed by atoms with E-state index in [1.54, 1.807) is 14.0 Å². The second-order valence-electron chi connectivity index (χ2n) is 8.45. The highest BCUT2D eigenvalue weighted by Crippen LogP contribution is 2.39. The number of nitrogens with zero attached hydrogens (tertiary/aromatic N) is 3. The number of likely N-dealkylation sites (tertiary alicyclic amines) is 3. The van der Waals surface area contributed by atoms with Crippen molar-refractivity contribution in [1.29, 1.82) is 0 Å². The molecule has 3 amide bonds. The van der Waals surface area contributed by atoms with Gasteiger partial charge in [-0.2, -0.15) is 0 Å². The molecule has 0 bridgehead atoms. The standard InChI is InChI=1S/C20H33N3O4/c1-16(24)21-10-5-17(6-11-21)19(26)23-9-3-7-20(15-23)8-4-18(25)22(14-20)12-13-27-2/h17H,3-15H2,1-2H3/t20-/m0/s1. The molecule has 0 N–H and O–H groups in total. The van der Waals surface area contributed by atoms with Crippen LogP contribution in [0.2, 0.25) is 0 Å². The number of piperidine rings is 3. The Morgan fingerprint density at radius 3 is 2.52 bits per heavy atom. The average Bonchev–Trinajstić information content (AvgIpc) is 2.68. The lowest BCUT2D eigenvalue weighted by atomic mass is 9.73. The van der Waals surface area contributed by atoms with Crippen LogP contribution in [-0.4, -0.2) is 85.4 Å². The number of amides is 3. The molecule has 152 valence electrons. The van der Waals surface area contributed by atoms with Gasteiger partial charge in [0.15, 0.2) is 0 Å². The number of carbonyl (C=O) groups excluding carboxylic acids is 3. The summed E-state index contributed by atoms with van der Waals surface area (Å²) in [5, 5.41) is 0. The molecular weight excluding hydrogens is 346 g/mol.